The first kappa shape index (κ1) is 18.8. The minimum atomic E-state index is -0.473. The number of rotatable bonds is 6. The van der Waals surface area contributed by atoms with E-state index in [4.69, 9.17) is 4.74 Å². The van der Waals surface area contributed by atoms with Crippen LogP contribution >= 0.6 is 0 Å². The predicted molar refractivity (Wildman–Crippen MR) is 102 cm³/mol. The van der Waals surface area contributed by atoms with Crippen LogP contribution in [0.25, 0.3) is 0 Å². The summed E-state index contributed by atoms with van der Waals surface area (Å²) in [5.74, 6) is -0.408. The third-order valence-electron chi connectivity index (χ3n) is 4.23. The standard InChI is InChI=1S/C20H22FN3O3/c1-23(2)9-4-10-24-17-12-16(7-8-18(17)27-13-19(24)25)22-20(26)14-5-3-6-15(21)11-14/h3,5-8,11-12H,4,9-10,13H2,1-2H3,(H,22,26). The third-order valence-corrected chi connectivity index (χ3v) is 4.23. The molecule has 2 aromatic rings. The number of benzene rings is 2. The highest BCUT2D eigenvalue weighted by Gasteiger charge is 2.25. The minimum Gasteiger partial charge on any atom is -0.482 e. The molecule has 0 saturated carbocycles. The minimum absolute atomic E-state index is 0.00393. The molecule has 27 heavy (non-hydrogen) atoms. The Labute approximate surface area is 157 Å². The Hall–Kier alpha value is -2.93. The summed E-state index contributed by atoms with van der Waals surface area (Å²) in [5.41, 5.74) is 1.36. The summed E-state index contributed by atoms with van der Waals surface area (Å²) in [6.07, 6.45) is 0.818. The summed E-state index contributed by atoms with van der Waals surface area (Å²) >= 11 is 0. The van der Waals surface area contributed by atoms with Gasteiger partial charge in [-0.25, -0.2) is 4.39 Å². The van der Waals surface area contributed by atoms with Gasteiger partial charge in [0.15, 0.2) is 6.61 Å². The molecule has 0 bridgehead atoms. The van der Waals surface area contributed by atoms with Crippen LogP contribution in [0.15, 0.2) is 42.5 Å². The van der Waals surface area contributed by atoms with E-state index in [1.807, 2.05) is 14.1 Å². The molecule has 142 valence electrons. The molecule has 6 nitrogen and oxygen atoms in total. The Morgan fingerprint density at radius 2 is 2.07 bits per heavy atom. The number of anilines is 2. The van der Waals surface area contributed by atoms with Gasteiger partial charge in [0.25, 0.3) is 11.8 Å². The quantitative estimate of drug-likeness (QED) is 0.848. The van der Waals surface area contributed by atoms with Gasteiger partial charge in [-0.05, 0) is 63.5 Å². The number of carbonyl (C=O) groups excluding carboxylic acids is 2. The molecule has 0 saturated heterocycles. The van der Waals surface area contributed by atoms with E-state index in [0.717, 1.165) is 13.0 Å². The van der Waals surface area contributed by atoms with Gasteiger partial charge in [0.05, 0.1) is 5.69 Å². The van der Waals surface area contributed by atoms with Crippen LogP contribution in [0.5, 0.6) is 5.75 Å². The summed E-state index contributed by atoms with van der Waals surface area (Å²) < 4.78 is 18.8. The predicted octanol–water partition coefficient (Wildman–Crippen LogP) is 2.76. The Kier molecular flexibility index (Phi) is 5.71. The number of nitrogens with zero attached hydrogens (tertiary/aromatic N) is 2. The lowest BCUT2D eigenvalue weighted by Crippen LogP contribution is -2.40. The molecule has 0 atom stereocenters. The van der Waals surface area contributed by atoms with Crippen LogP contribution in [-0.2, 0) is 4.79 Å². The van der Waals surface area contributed by atoms with Gasteiger partial charge in [0.2, 0.25) is 0 Å². The topological polar surface area (TPSA) is 61.9 Å². The van der Waals surface area contributed by atoms with Crippen molar-refractivity contribution in [3.8, 4) is 5.75 Å². The molecule has 1 aliphatic heterocycles. The van der Waals surface area contributed by atoms with E-state index in [2.05, 4.69) is 10.2 Å². The van der Waals surface area contributed by atoms with Gasteiger partial charge in [-0.3, -0.25) is 9.59 Å². The van der Waals surface area contributed by atoms with Gasteiger partial charge < -0.3 is 19.9 Å². The Morgan fingerprint density at radius 1 is 1.26 bits per heavy atom. The van der Waals surface area contributed by atoms with Crippen molar-refractivity contribution < 1.29 is 18.7 Å². The fourth-order valence-electron chi connectivity index (χ4n) is 2.90. The summed E-state index contributed by atoms with van der Waals surface area (Å²) in [7, 11) is 3.96. The van der Waals surface area contributed by atoms with E-state index < -0.39 is 11.7 Å². The highest BCUT2D eigenvalue weighted by molar-refractivity contribution is 6.05. The maximum absolute atomic E-state index is 13.3. The van der Waals surface area contributed by atoms with E-state index in [9.17, 15) is 14.0 Å². The zero-order chi connectivity index (χ0) is 19.4. The highest BCUT2D eigenvalue weighted by atomic mass is 19.1. The van der Waals surface area contributed by atoms with E-state index in [1.54, 1.807) is 23.1 Å². The summed E-state index contributed by atoms with van der Waals surface area (Å²) in [6, 6.07) is 10.6. The molecule has 0 radical (unpaired) electrons. The van der Waals surface area contributed by atoms with Gasteiger partial charge in [-0.1, -0.05) is 6.07 Å². The molecule has 3 rings (SSSR count). The molecule has 2 aromatic carbocycles. The van der Waals surface area contributed by atoms with Gasteiger partial charge >= 0.3 is 0 Å². The van der Waals surface area contributed by atoms with Gasteiger partial charge in [-0.2, -0.15) is 0 Å². The zero-order valence-electron chi connectivity index (χ0n) is 15.4. The van der Waals surface area contributed by atoms with Crippen molar-refractivity contribution in [3.63, 3.8) is 0 Å². The van der Waals surface area contributed by atoms with Crippen molar-refractivity contribution in [1.82, 2.24) is 4.90 Å². The number of halogens is 1. The molecule has 0 spiro atoms. The lowest BCUT2D eigenvalue weighted by Gasteiger charge is -2.30. The average Bonchev–Trinajstić information content (AvgIpc) is 2.63. The van der Waals surface area contributed by atoms with Crippen LogP contribution in [0.2, 0.25) is 0 Å². The summed E-state index contributed by atoms with van der Waals surface area (Å²) in [6.45, 7) is 1.43. The molecule has 0 aliphatic carbocycles. The van der Waals surface area contributed by atoms with Gasteiger partial charge in [-0.15, -0.1) is 0 Å². The van der Waals surface area contributed by atoms with E-state index in [-0.39, 0.29) is 18.1 Å². The number of hydrogen-bond acceptors (Lipinski definition) is 4. The third kappa shape index (κ3) is 4.62. The lowest BCUT2D eigenvalue weighted by molar-refractivity contribution is -0.121. The Balaban J connectivity index is 1.78. The van der Waals surface area contributed by atoms with Crippen LogP contribution < -0.4 is 15.0 Å². The SMILES string of the molecule is CN(C)CCCN1C(=O)COc2ccc(NC(=O)c3cccc(F)c3)cc21. The molecular formula is C20H22FN3O3. The first-order valence-corrected chi connectivity index (χ1v) is 8.73. The van der Waals surface area contributed by atoms with Crippen molar-refractivity contribution in [2.24, 2.45) is 0 Å². The molecule has 7 heteroatoms. The van der Waals surface area contributed by atoms with Crippen LogP contribution in [0, 0.1) is 5.82 Å². The van der Waals surface area contributed by atoms with Crippen LogP contribution in [-0.4, -0.2) is 50.5 Å². The molecule has 1 N–H and O–H groups in total. The fraction of sp³-hybridized carbons (Fsp3) is 0.300. The summed E-state index contributed by atoms with van der Waals surface area (Å²) in [4.78, 5) is 28.4. The van der Waals surface area contributed by atoms with Gasteiger partial charge in [0.1, 0.15) is 11.6 Å². The number of amides is 2. The second kappa shape index (κ2) is 8.18. The van der Waals surface area contributed by atoms with E-state index in [1.165, 1.54) is 24.3 Å². The maximum Gasteiger partial charge on any atom is 0.265 e. The molecule has 1 heterocycles. The molecule has 0 aromatic heterocycles. The highest BCUT2D eigenvalue weighted by Crippen LogP contribution is 2.34. The molecular weight excluding hydrogens is 349 g/mol. The van der Waals surface area contributed by atoms with Crippen LogP contribution in [0.4, 0.5) is 15.8 Å². The molecule has 0 unspecified atom stereocenters. The monoisotopic (exact) mass is 371 g/mol. The van der Waals surface area contributed by atoms with Crippen molar-refractivity contribution in [2.45, 2.75) is 6.42 Å². The second-order valence-corrected chi connectivity index (χ2v) is 6.64. The first-order valence-electron chi connectivity index (χ1n) is 8.73. The Morgan fingerprint density at radius 3 is 2.81 bits per heavy atom. The average molecular weight is 371 g/mol. The zero-order valence-corrected chi connectivity index (χ0v) is 15.4. The molecule has 2 amide bonds. The number of hydrogen-bond donors (Lipinski definition) is 1. The van der Waals surface area contributed by atoms with E-state index >= 15 is 0 Å². The van der Waals surface area contributed by atoms with Gasteiger partial charge in [0, 0.05) is 17.8 Å². The number of nitrogens with one attached hydrogen (secondary N) is 1. The first-order chi connectivity index (χ1) is 12.9. The smallest absolute Gasteiger partial charge is 0.265 e. The van der Waals surface area contributed by atoms with Crippen LogP contribution in [0.1, 0.15) is 16.8 Å². The largest absolute Gasteiger partial charge is 0.482 e. The number of fused-ring (bicyclic) bond motifs is 1. The van der Waals surface area contributed by atoms with Crippen LogP contribution in [0.3, 0.4) is 0 Å². The lowest BCUT2D eigenvalue weighted by atomic mass is 10.1. The van der Waals surface area contributed by atoms with Crippen molar-refractivity contribution in [3.05, 3.63) is 53.8 Å². The fourth-order valence-corrected chi connectivity index (χ4v) is 2.90. The van der Waals surface area contributed by atoms with Crippen molar-refractivity contribution >= 4 is 23.2 Å². The molecule has 0 fully saturated rings. The van der Waals surface area contributed by atoms with Crippen molar-refractivity contribution in [2.75, 3.05) is 44.0 Å². The van der Waals surface area contributed by atoms with Crippen molar-refractivity contribution in [1.29, 1.82) is 0 Å². The molecule has 1 aliphatic rings. The summed E-state index contributed by atoms with van der Waals surface area (Å²) in [5, 5.41) is 2.74. The number of ether oxygens (including phenoxy) is 1. The number of carbonyl (C=O) groups is 2. The normalized spacial score (nSPS) is 13.3. The second-order valence-electron chi connectivity index (χ2n) is 6.64. The van der Waals surface area contributed by atoms with E-state index in [0.29, 0.717) is 23.7 Å². The maximum atomic E-state index is 13.3. The Bertz CT molecular complexity index is 854.